The van der Waals surface area contributed by atoms with Crippen LogP contribution in [-0.2, 0) is 0 Å². The monoisotopic (exact) mass is 556 g/mol. The molecule has 0 saturated heterocycles. The van der Waals surface area contributed by atoms with Gasteiger partial charge in [0.05, 0.1) is 12.2 Å². The molecule has 0 bridgehead atoms. The standard InChI is InChI=1S/C34H46F2O4/c1-3-5-7-8-10-24-39-31-23-22-30(32(35)33(31)36)34(37)40-29-20-18-28(19-21-29)38-25-11-13-27-16-14-26(15-17-27)12-9-6-4-2/h11,13,18-23,26-27H,3-10,12,14-17,24-25H2,1-2H3/b13-11+/t26-,27-. The maximum atomic E-state index is 14.6. The second-order valence-electron chi connectivity index (χ2n) is 10.9. The smallest absolute Gasteiger partial charge is 0.346 e. The summed E-state index contributed by atoms with van der Waals surface area (Å²) >= 11 is 0. The van der Waals surface area contributed by atoms with Gasteiger partial charge in [-0.2, -0.15) is 4.39 Å². The molecule has 220 valence electrons. The maximum absolute atomic E-state index is 14.6. The molecule has 0 N–H and O–H groups in total. The molecule has 6 heteroatoms. The van der Waals surface area contributed by atoms with E-state index in [2.05, 4.69) is 26.0 Å². The van der Waals surface area contributed by atoms with Crippen LogP contribution in [0.25, 0.3) is 0 Å². The normalized spacial score (nSPS) is 17.2. The number of unbranched alkanes of at least 4 members (excludes halogenated alkanes) is 6. The van der Waals surface area contributed by atoms with Crippen molar-refractivity contribution in [1.29, 1.82) is 0 Å². The minimum absolute atomic E-state index is 0.199. The molecule has 0 aliphatic heterocycles. The van der Waals surface area contributed by atoms with Gasteiger partial charge in [-0.1, -0.05) is 77.4 Å². The number of halogens is 2. The Morgan fingerprint density at radius 3 is 2.20 bits per heavy atom. The highest BCUT2D eigenvalue weighted by Gasteiger charge is 2.21. The first kappa shape index (κ1) is 31.6. The Balaban J connectivity index is 1.39. The zero-order chi connectivity index (χ0) is 28.6. The fourth-order valence-corrected chi connectivity index (χ4v) is 5.20. The number of allylic oxidation sites excluding steroid dienone is 1. The van der Waals surface area contributed by atoms with Crippen molar-refractivity contribution in [3.8, 4) is 17.2 Å². The molecule has 1 aliphatic carbocycles. The molecule has 2 aromatic carbocycles. The van der Waals surface area contributed by atoms with Crippen LogP contribution in [0, 0.1) is 23.5 Å². The van der Waals surface area contributed by atoms with E-state index in [9.17, 15) is 13.6 Å². The minimum Gasteiger partial charge on any atom is -0.490 e. The summed E-state index contributed by atoms with van der Waals surface area (Å²) in [6.07, 6.45) is 20.0. The summed E-state index contributed by atoms with van der Waals surface area (Å²) in [7, 11) is 0. The quantitative estimate of drug-likeness (QED) is 0.0842. The van der Waals surface area contributed by atoms with Crippen LogP contribution in [0.1, 0.15) is 108 Å². The molecule has 1 saturated carbocycles. The van der Waals surface area contributed by atoms with Crippen LogP contribution >= 0.6 is 0 Å². The summed E-state index contributed by atoms with van der Waals surface area (Å²) in [5.41, 5.74) is -0.478. The Bertz CT molecular complexity index is 1040. The van der Waals surface area contributed by atoms with Crippen LogP contribution in [0.15, 0.2) is 48.6 Å². The van der Waals surface area contributed by atoms with Crippen molar-refractivity contribution in [2.45, 2.75) is 97.3 Å². The van der Waals surface area contributed by atoms with E-state index in [4.69, 9.17) is 14.2 Å². The van der Waals surface area contributed by atoms with Gasteiger partial charge in [0.1, 0.15) is 18.1 Å². The van der Waals surface area contributed by atoms with Crippen LogP contribution < -0.4 is 14.2 Å². The molecule has 0 spiro atoms. The number of esters is 1. The maximum Gasteiger partial charge on any atom is 0.346 e. The lowest BCUT2D eigenvalue weighted by molar-refractivity contribution is 0.0728. The Morgan fingerprint density at radius 2 is 1.48 bits per heavy atom. The molecule has 1 fully saturated rings. The predicted molar refractivity (Wildman–Crippen MR) is 156 cm³/mol. The number of carbonyl (C=O) groups is 1. The van der Waals surface area contributed by atoms with Gasteiger partial charge in [-0.15, -0.1) is 0 Å². The molecule has 2 aromatic rings. The third kappa shape index (κ3) is 10.6. The zero-order valence-electron chi connectivity index (χ0n) is 24.3. The second-order valence-corrected chi connectivity index (χ2v) is 10.9. The highest BCUT2D eigenvalue weighted by Crippen LogP contribution is 2.32. The van der Waals surface area contributed by atoms with Crippen molar-refractivity contribution in [2.75, 3.05) is 13.2 Å². The van der Waals surface area contributed by atoms with E-state index in [0.717, 1.165) is 38.0 Å². The molecule has 0 atom stereocenters. The van der Waals surface area contributed by atoms with E-state index < -0.39 is 23.2 Å². The molecule has 40 heavy (non-hydrogen) atoms. The van der Waals surface area contributed by atoms with Crippen molar-refractivity contribution in [3.05, 3.63) is 65.7 Å². The average Bonchev–Trinajstić information content (AvgIpc) is 2.97. The summed E-state index contributed by atoms with van der Waals surface area (Å²) in [5.74, 6) is -1.24. The highest BCUT2D eigenvalue weighted by atomic mass is 19.2. The summed E-state index contributed by atoms with van der Waals surface area (Å²) < 4.78 is 45.4. The lowest BCUT2D eigenvalue weighted by atomic mass is 9.79. The first-order valence-corrected chi connectivity index (χ1v) is 15.2. The molecular formula is C34H46F2O4. The average molecular weight is 557 g/mol. The topological polar surface area (TPSA) is 44.8 Å². The number of carbonyl (C=O) groups excluding carboxylic acids is 1. The van der Waals surface area contributed by atoms with Gasteiger partial charge in [0.15, 0.2) is 11.6 Å². The second kappa shape index (κ2) is 17.7. The highest BCUT2D eigenvalue weighted by molar-refractivity contribution is 5.91. The van der Waals surface area contributed by atoms with Gasteiger partial charge >= 0.3 is 5.97 Å². The van der Waals surface area contributed by atoms with Gasteiger partial charge in [0, 0.05) is 0 Å². The summed E-state index contributed by atoms with van der Waals surface area (Å²) in [4.78, 5) is 12.5. The molecule has 1 aliphatic rings. The lowest BCUT2D eigenvalue weighted by Crippen LogP contribution is -2.13. The van der Waals surface area contributed by atoms with Gasteiger partial charge in [0.25, 0.3) is 0 Å². The fraction of sp³-hybridized carbons (Fsp3) is 0.559. The number of ether oxygens (including phenoxy) is 3. The molecule has 3 rings (SSSR count). The van der Waals surface area contributed by atoms with Crippen molar-refractivity contribution in [1.82, 2.24) is 0 Å². The third-order valence-electron chi connectivity index (χ3n) is 7.67. The zero-order valence-corrected chi connectivity index (χ0v) is 24.3. The SMILES string of the molecule is CCCCCCCOc1ccc(C(=O)Oc2ccc(OC/C=C/[C@H]3CC[C@H](CCCCC)CC3)cc2)c(F)c1F. The Morgan fingerprint density at radius 1 is 0.800 bits per heavy atom. The molecule has 0 aromatic heterocycles. The third-order valence-corrected chi connectivity index (χ3v) is 7.67. The van der Waals surface area contributed by atoms with Crippen LogP contribution in [0.2, 0.25) is 0 Å². The molecular weight excluding hydrogens is 510 g/mol. The largest absolute Gasteiger partial charge is 0.490 e. The van der Waals surface area contributed by atoms with Crippen LogP contribution in [0.4, 0.5) is 8.78 Å². The Labute approximate surface area is 239 Å². The van der Waals surface area contributed by atoms with E-state index in [-0.39, 0.29) is 11.5 Å². The van der Waals surface area contributed by atoms with E-state index in [0.29, 0.717) is 24.9 Å². The molecule has 0 unspecified atom stereocenters. The van der Waals surface area contributed by atoms with Gasteiger partial charge in [0.2, 0.25) is 5.82 Å². The first-order valence-electron chi connectivity index (χ1n) is 15.2. The molecule has 4 nitrogen and oxygen atoms in total. The van der Waals surface area contributed by atoms with E-state index in [1.807, 2.05) is 0 Å². The van der Waals surface area contributed by atoms with Gasteiger partial charge in [-0.3, -0.25) is 0 Å². The Kier molecular flexibility index (Phi) is 14.0. The van der Waals surface area contributed by atoms with Crippen molar-refractivity contribution >= 4 is 5.97 Å². The lowest BCUT2D eigenvalue weighted by Gasteiger charge is -2.26. The first-order chi connectivity index (χ1) is 19.5. The summed E-state index contributed by atoms with van der Waals surface area (Å²) in [5, 5.41) is 0. The van der Waals surface area contributed by atoms with E-state index in [1.165, 1.54) is 63.5 Å². The van der Waals surface area contributed by atoms with Crippen LogP contribution in [0.3, 0.4) is 0 Å². The van der Waals surface area contributed by atoms with Crippen LogP contribution in [0.5, 0.6) is 17.2 Å². The van der Waals surface area contributed by atoms with Crippen molar-refractivity contribution in [2.24, 2.45) is 11.8 Å². The number of hydrogen-bond acceptors (Lipinski definition) is 4. The fourth-order valence-electron chi connectivity index (χ4n) is 5.20. The van der Waals surface area contributed by atoms with Gasteiger partial charge in [-0.25, -0.2) is 9.18 Å². The number of rotatable bonds is 17. The number of benzene rings is 2. The molecule has 0 radical (unpaired) electrons. The van der Waals surface area contributed by atoms with E-state index in [1.54, 1.807) is 24.3 Å². The Hall–Kier alpha value is -2.89. The van der Waals surface area contributed by atoms with Crippen molar-refractivity contribution < 1.29 is 27.8 Å². The molecule has 0 heterocycles. The predicted octanol–water partition coefficient (Wildman–Crippen LogP) is 9.85. The number of hydrogen-bond donors (Lipinski definition) is 0. The summed E-state index contributed by atoms with van der Waals surface area (Å²) in [6.45, 7) is 5.15. The van der Waals surface area contributed by atoms with Gasteiger partial charge < -0.3 is 14.2 Å². The van der Waals surface area contributed by atoms with Crippen LogP contribution in [-0.4, -0.2) is 19.2 Å². The van der Waals surface area contributed by atoms with Crippen molar-refractivity contribution in [3.63, 3.8) is 0 Å². The summed E-state index contributed by atoms with van der Waals surface area (Å²) in [6, 6.07) is 8.97. The molecule has 0 amide bonds. The van der Waals surface area contributed by atoms with Gasteiger partial charge in [-0.05, 0) is 80.3 Å². The minimum atomic E-state index is -1.27. The van der Waals surface area contributed by atoms with E-state index >= 15 is 0 Å².